The van der Waals surface area contributed by atoms with Gasteiger partial charge in [0, 0.05) is 0 Å². The number of hydrogen-bond acceptors (Lipinski definition) is 1. The first-order chi connectivity index (χ1) is 5.13. The molecule has 0 rings (SSSR count). The summed E-state index contributed by atoms with van der Waals surface area (Å²) in [5, 5.41) is 0. The highest BCUT2D eigenvalue weighted by Crippen LogP contribution is 2.24. The maximum atomic E-state index is 5.64. The summed E-state index contributed by atoms with van der Waals surface area (Å²) < 4.78 is 0. The second kappa shape index (κ2) is 5.59. The van der Waals surface area contributed by atoms with E-state index in [2.05, 4.69) is 27.7 Å². The molecule has 2 unspecified atom stereocenters. The maximum Gasteiger partial charge on any atom is -0.00488 e. The van der Waals surface area contributed by atoms with E-state index < -0.39 is 0 Å². The summed E-state index contributed by atoms with van der Waals surface area (Å²) in [6.07, 6.45) is 2.61. The van der Waals surface area contributed by atoms with E-state index >= 15 is 0 Å². The molecule has 0 aromatic heterocycles. The summed E-state index contributed by atoms with van der Waals surface area (Å²) in [6, 6.07) is 0. The molecule has 11 heavy (non-hydrogen) atoms. The molecule has 0 saturated heterocycles. The third kappa shape index (κ3) is 3.76. The van der Waals surface area contributed by atoms with Crippen molar-refractivity contribution >= 4 is 0 Å². The highest BCUT2D eigenvalue weighted by Gasteiger charge is 2.18. The molecule has 1 nitrogen and oxygen atoms in total. The van der Waals surface area contributed by atoms with Crippen LogP contribution in [0.2, 0.25) is 0 Å². The summed E-state index contributed by atoms with van der Waals surface area (Å²) in [4.78, 5) is 0. The molecular formula is C10H23N. The topological polar surface area (TPSA) is 26.0 Å². The number of nitrogens with two attached hydrogens (primary N) is 1. The monoisotopic (exact) mass is 157 g/mol. The lowest BCUT2D eigenvalue weighted by atomic mass is 9.81. The van der Waals surface area contributed by atoms with Gasteiger partial charge in [-0.05, 0) is 24.3 Å². The Morgan fingerprint density at radius 1 is 1.18 bits per heavy atom. The predicted molar refractivity (Wildman–Crippen MR) is 51.5 cm³/mol. The van der Waals surface area contributed by atoms with Crippen LogP contribution in [0.25, 0.3) is 0 Å². The van der Waals surface area contributed by atoms with Gasteiger partial charge < -0.3 is 5.73 Å². The van der Waals surface area contributed by atoms with Gasteiger partial charge in [0.2, 0.25) is 0 Å². The van der Waals surface area contributed by atoms with Crippen LogP contribution in [0.1, 0.15) is 40.5 Å². The molecule has 2 N–H and O–H groups in total. The summed E-state index contributed by atoms with van der Waals surface area (Å²) >= 11 is 0. The second-order valence-corrected chi connectivity index (χ2v) is 3.91. The molecule has 0 aliphatic rings. The average molecular weight is 157 g/mol. The van der Waals surface area contributed by atoms with Crippen LogP contribution in [0.3, 0.4) is 0 Å². The van der Waals surface area contributed by atoms with Gasteiger partial charge in [0.05, 0.1) is 0 Å². The molecule has 0 saturated carbocycles. The molecule has 0 fully saturated rings. The molecule has 0 spiro atoms. The Kier molecular flexibility index (Phi) is 5.57. The van der Waals surface area contributed by atoms with E-state index in [-0.39, 0.29) is 0 Å². The second-order valence-electron chi connectivity index (χ2n) is 3.91. The van der Waals surface area contributed by atoms with Crippen molar-refractivity contribution in [1.29, 1.82) is 0 Å². The first-order valence-electron chi connectivity index (χ1n) is 4.83. The number of hydrogen-bond donors (Lipinski definition) is 1. The molecule has 1 heteroatoms. The average Bonchev–Trinajstić information content (AvgIpc) is 1.98. The quantitative estimate of drug-likeness (QED) is 0.652. The fourth-order valence-electron chi connectivity index (χ4n) is 1.78. The van der Waals surface area contributed by atoms with Gasteiger partial charge >= 0.3 is 0 Å². The normalized spacial score (nSPS) is 16.9. The maximum absolute atomic E-state index is 5.64. The highest BCUT2D eigenvalue weighted by atomic mass is 14.5. The molecule has 0 aliphatic carbocycles. The highest BCUT2D eigenvalue weighted by molar-refractivity contribution is 4.69. The Morgan fingerprint density at radius 2 is 1.73 bits per heavy atom. The largest absolute Gasteiger partial charge is 0.330 e. The minimum absolute atomic E-state index is 0.690. The predicted octanol–water partition coefficient (Wildman–Crippen LogP) is 2.65. The van der Waals surface area contributed by atoms with Crippen molar-refractivity contribution in [3.05, 3.63) is 0 Å². The minimum atomic E-state index is 0.690. The lowest BCUT2D eigenvalue weighted by Gasteiger charge is -2.25. The van der Waals surface area contributed by atoms with Crippen LogP contribution in [0.5, 0.6) is 0 Å². The van der Waals surface area contributed by atoms with Crippen LogP contribution in [-0.2, 0) is 0 Å². The van der Waals surface area contributed by atoms with E-state index in [9.17, 15) is 0 Å². The third-order valence-electron chi connectivity index (χ3n) is 2.58. The summed E-state index contributed by atoms with van der Waals surface area (Å²) in [5.41, 5.74) is 5.64. The fourth-order valence-corrected chi connectivity index (χ4v) is 1.78. The third-order valence-corrected chi connectivity index (χ3v) is 2.58. The van der Waals surface area contributed by atoms with Gasteiger partial charge in [0.25, 0.3) is 0 Å². The van der Waals surface area contributed by atoms with Crippen LogP contribution >= 0.6 is 0 Å². The minimum Gasteiger partial charge on any atom is -0.330 e. The van der Waals surface area contributed by atoms with Crippen molar-refractivity contribution in [3.63, 3.8) is 0 Å². The Labute approximate surface area is 71.4 Å². The van der Waals surface area contributed by atoms with E-state index in [1.807, 2.05) is 0 Å². The standard InChI is InChI=1S/C10H23N/c1-5-6-10(8(2)3)9(4)7-11/h8-10H,5-7,11H2,1-4H3. The van der Waals surface area contributed by atoms with Gasteiger partial charge in [-0.2, -0.15) is 0 Å². The van der Waals surface area contributed by atoms with Crippen LogP contribution in [0, 0.1) is 17.8 Å². The van der Waals surface area contributed by atoms with Crippen molar-refractivity contribution in [3.8, 4) is 0 Å². The van der Waals surface area contributed by atoms with Gasteiger partial charge in [-0.3, -0.25) is 0 Å². The zero-order chi connectivity index (χ0) is 8.85. The zero-order valence-corrected chi connectivity index (χ0v) is 8.43. The van der Waals surface area contributed by atoms with Gasteiger partial charge in [0.1, 0.15) is 0 Å². The molecule has 0 aromatic carbocycles. The van der Waals surface area contributed by atoms with Crippen LogP contribution in [0.4, 0.5) is 0 Å². The first kappa shape index (κ1) is 11.0. The van der Waals surface area contributed by atoms with Crippen molar-refractivity contribution in [1.82, 2.24) is 0 Å². The lowest BCUT2D eigenvalue weighted by Crippen LogP contribution is -2.24. The van der Waals surface area contributed by atoms with Crippen LogP contribution in [-0.4, -0.2) is 6.54 Å². The summed E-state index contributed by atoms with van der Waals surface area (Å²) in [7, 11) is 0. The Morgan fingerprint density at radius 3 is 2.00 bits per heavy atom. The molecule has 2 atom stereocenters. The first-order valence-corrected chi connectivity index (χ1v) is 4.83. The van der Waals surface area contributed by atoms with E-state index in [1.165, 1.54) is 12.8 Å². The van der Waals surface area contributed by atoms with Crippen LogP contribution in [0.15, 0.2) is 0 Å². The van der Waals surface area contributed by atoms with Crippen LogP contribution < -0.4 is 5.73 Å². The van der Waals surface area contributed by atoms with Crippen molar-refractivity contribution in [2.75, 3.05) is 6.54 Å². The van der Waals surface area contributed by atoms with Gasteiger partial charge in [-0.1, -0.05) is 40.5 Å². The molecule has 0 aromatic rings. The SMILES string of the molecule is CCCC(C(C)C)C(C)CN. The zero-order valence-electron chi connectivity index (χ0n) is 8.43. The summed E-state index contributed by atoms with van der Waals surface area (Å²) in [6.45, 7) is 9.95. The van der Waals surface area contributed by atoms with Gasteiger partial charge in [-0.15, -0.1) is 0 Å². The van der Waals surface area contributed by atoms with E-state index in [0.717, 1.165) is 18.4 Å². The van der Waals surface area contributed by atoms with E-state index in [4.69, 9.17) is 5.73 Å². The molecule has 0 aliphatic heterocycles. The fraction of sp³-hybridized carbons (Fsp3) is 1.00. The van der Waals surface area contributed by atoms with Crippen molar-refractivity contribution in [2.24, 2.45) is 23.5 Å². The molecule has 0 heterocycles. The Bertz CT molecular complexity index is 88.9. The number of rotatable bonds is 5. The molecule has 0 bridgehead atoms. The van der Waals surface area contributed by atoms with E-state index in [1.54, 1.807) is 0 Å². The smallest absolute Gasteiger partial charge is 0.00488 e. The van der Waals surface area contributed by atoms with E-state index in [0.29, 0.717) is 5.92 Å². The van der Waals surface area contributed by atoms with Gasteiger partial charge in [-0.25, -0.2) is 0 Å². The van der Waals surface area contributed by atoms with Gasteiger partial charge in [0.15, 0.2) is 0 Å². The molecule has 68 valence electrons. The summed E-state index contributed by atoms with van der Waals surface area (Å²) in [5.74, 6) is 2.30. The Balaban J connectivity index is 3.87. The molecular weight excluding hydrogens is 134 g/mol. The van der Waals surface area contributed by atoms with Crippen molar-refractivity contribution < 1.29 is 0 Å². The lowest BCUT2D eigenvalue weighted by molar-refractivity contribution is 0.256. The molecule has 0 radical (unpaired) electrons. The molecule has 0 amide bonds. The van der Waals surface area contributed by atoms with Crippen molar-refractivity contribution in [2.45, 2.75) is 40.5 Å². The Hall–Kier alpha value is -0.0400.